The van der Waals surface area contributed by atoms with E-state index >= 15 is 0 Å². The van der Waals surface area contributed by atoms with Crippen LogP contribution in [0.4, 0.5) is 24.5 Å². The van der Waals surface area contributed by atoms with Crippen molar-refractivity contribution in [2.75, 3.05) is 11.9 Å². The lowest BCUT2D eigenvalue weighted by atomic mass is 10.1. The molecule has 1 fully saturated rings. The van der Waals surface area contributed by atoms with Gasteiger partial charge in [0.05, 0.1) is 16.8 Å². The van der Waals surface area contributed by atoms with E-state index in [2.05, 4.69) is 10.6 Å². The van der Waals surface area contributed by atoms with Gasteiger partial charge >= 0.3 is 12.1 Å². The summed E-state index contributed by atoms with van der Waals surface area (Å²) in [4.78, 5) is 23.9. The van der Waals surface area contributed by atoms with Crippen molar-refractivity contribution in [3.63, 3.8) is 0 Å². The van der Waals surface area contributed by atoms with E-state index in [-0.39, 0.29) is 28.9 Å². The zero-order valence-electron chi connectivity index (χ0n) is 14.2. The van der Waals surface area contributed by atoms with Crippen LogP contribution in [0.1, 0.15) is 28.8 Å². The molecule has 0 unspecified atom stereocenters. The molecule has 0 aromatic heterocycles. The summed E-state index contributed by atoms with van der Waals surface area (Å²) in [6.07, 6.45) is -2.63. The third kappa shape index (κ3) is 5.22. The number of benzene rings is 2. The van der Waals surface area contributed by atoms with Crippen LogP contribution >= 0.6 is 0 Å². The summed E-state index contributed by atoms with van der Waals surface area (Å²) in [5.41, 5.74) is -0.223. The molecule has 1 aliphatic rings. The van der Waals surface area contributed by atoms with E-state index in [0.717, 1.165) is 25.0 Å². The van der Waals surface area contributed by atoms with Gasteiger partial charge in [0, 0.05) is 11.7 Å². The summed E-state index contributed by atoms with van der Waals surface area (Å²) < 4.78 is 43.5. The molecule has 0 saturated heterocycles. The lowest BCUT2D eigenvalue weighted by Gasteiger charge is -2.13. The van der Waals surface area contributed by atoms with Crippen LogP contribution < -0.4 is 10.6 Å². The highest BCUT2D eigenvalue weighted by molar-refractivity contribution is 5.97. The number of anilines is 2. The van der Waals surface area contributed by atoms with Crippen molar-refractivity contribution < 1.29 is 27.5 Å². The lowest BCUT2D eigenvalue weighted by molar-refractivity contribution is -0.137. The van der Waals surface area contributed by atoms with Crippen molar-refractivity contribution >= 4 is 23.3 Å². The van der Waals surface area contributed by atoms with Crippen LogP contribution in [0, 0.1) is 0 Å². The molecule has 1 saturated carbocycles. The summed E-state index contributed by atoms with van der Waals surface area (Å²) in [6, 6.07) is 11.0. The second-order valence-corrected chi connectivity index (χ2v) is 6.17. The second-order valence-electron chi connectivity index (χ2n) is 6.17. The third-order valence-electron chi connectivity index (χ3n) is 3.89. The van der Waals surface area contributed by atoms with E-state index in [1.807, 2.05) is 0 Å². The highest BCUT2D eigenvalue weighted by atomic mass is 19.4. The molecule has 0 spiro atoms. The average Bonchev–Trinajstić information content (AvgIpc) is 3.43. The Bertz CT molecular complexity index is 848. The number of amides is 1. The molecule has 1 aliphatic carbocycles. The fourth-order valence-electron chi connectivity index (χ4n) is 2.40. The number of para-hydroxylation sites is 1. The van der Waals surface area contributed by atoms with Crippen molar-refractivity contribution in [3.05, 3.63) is 59.7 Å². The van der Waals surface area contributed by atoms with Crippen molar-refractivity contribution in [1.82, 2.24) is 5.32 Å². The van der Waals surface area contributed by atoms with Crippen LogP contribution in [0.3, 0.4) is 0 Å². The van der Waals surface area contributed by atoms with Crippen molar-refractivity contribution in [2.24, 2.45) is 0 Å². The molecule has 5 nitrogen and oxygen atoms in total. The van der Waals surface area contributed by atoms with Crippen molar-refractivity contribution in [2.45, 2.75) is 25.1 Å². The van der Waals surface area contributed by atoms with Crippen molar-refractivity contribution in [1.29, 1.82) is 0 Å². The SMILES string of the molecule is O=C(COC(=O)c1ccccc1Nc1cccc(C(F)(F)F)c1)NC1CC1. The quantitative estimate of drug-likeness (QED) is 0.749. The monoisotopic (exact) mass is 378 g/mol. The molecule has 0 heterocycles. The van der Waals surface area contributed by atoms with E-state index in [1.54, 1.807) is 18.2 Å². The first-order valence-electron chi connectivity index (χ1n) is 8.33. The van der Waals surface area contributed by atoms with Gasteiger partial charge in [0.2, 0.25) is 0 Å². The van der Waals surface area contributed by atoms with Gasteiger partial charge in [0.15, 0.2) is 6.61 Å². The Morgan fingerprint density at radius 2 is 1.81 bits per heavy atom. The minimum atomic E-state index is -4.47. The van der Waals surface area contributed by atoms with Gasteiger partial charge in [0.25, 0.3) is 5.91 Å². The van der Waals surface area contributed by atoms with E-state index in [0.29, 0.717) is 0 Å². The van der Waals surface area contributed by atoms with Gasteiger partial charge in [-0.05, 0) is 43.2 Å². The van der Waals surface area contributed by atoms with Gasteiger partial charge in [-0.1, -0.05) is 18.2 Å². The van der Waals surface area contributed by atoms with E-state index in [9.17, 15) is 22.8 Å². The van der Waals surface area contributed by atoms with Crippen LogP contribution in [0.5, 0.6) is 0 Å². The highest BCUT2D eigenvalue weighted by Crippen LogP contribution is 2.32. The Hall–Kier alpha value is -3.03. The van der Waals surface area contributed by atoms with Crippen molar-refractivity contribution in [3.8, 4) is 0 Å². The number of nitrogens with one attached hydrogen (secondary N) is 2. The highest BCUT2D eigenvalue weighted by Gasteiger charge is 2.30. The van der Waals surface area contributed by atoms with E-state index in [1.165, 1.54) is 18.2 Å². The Kier molecular flexibility index (Phi) is 5.34. The summed E-state index contributed by atoms with van der Waals surface area (Å²) in [5, 5.41) is 5.49. The lowest BCUT2D eigenvalue weighted by Crippen LogP contribution is -2.30. The van der Waals surface area contributed by atoms with E-state index in [4.69, 9.17) is 4.74 Å². The van der Waals surface area contributed by atoms with Crippen LogP contribution in [0.15, 0.2) is 48.5 Å². The fraction of sp³-hybridized carbons (Fsp3) is 0.263. The van der Waals surface area contributed by atoms with Crippen LogP contribution in [0.2, 0.25) is 0 Å². The van der Waals surface area contributed by atoms with Gasteiger partial charge in [0.1, 0.15) is 0 Å². The smallest absolute Gasteiger partial charge is 0.416 e. The number of rotatable bonds is 6. The number of hydrogen-bond donors (Lipinski definition) is 2. The van der Waals surface area contributed by atoms with Crippen LogP contribution in [-0.2, 0) is 15.7 Å². The van der Waals surface area contributed by atoms with Gasteiger partial charge in [-0.25, -0.2) is 4.79 Å². The van der Waals surface area contributed by atoms with Gasteiger partial charge in [-0.2, -0.15) is 13.2 Å². The Balaban J connectivity index is 1.70. The topological polar surface area (TPSA) is 67.4 Å². The molecule has 8 heteroatoms. The first-order valence-corrected chi connectivity index (χ1v) is 8.33. The maximum atomic E-state index is 12.8. The minimum Gasteiger partial charge on any atom is -0.452 e. The molecule has 0 atom stereocenters. The second kappa shape index (κ2) is 7.69. The zero-order valence-corrected chi connectivity index (χ0v) is 14.2. The number of carbonyl (C=O) groups is 2. The summed E-state index contributed by atoms with van der Waals surface area (Å²) in [5.74, 6) is -1.12. The molecule has 2 aromatic carbocycles. The normalized spacial score (nSPS) is 13.7. The molecule has 0 bridgehead atoms. The molecule has 2 N–H and O–H groups in total. The molecule has 1 amide bonds. The molecule has 0 aliphatic heterocycles. The zero-order chi connectivity index (χ0) is 19.4. The summed E-state index contributed by atoms with van der Waals surface area (Å²) >= 11 is 0. The van der Waals surface area contributed by atoms with Gasteiger partial charge in [-0.3, -0.25) is 4.79 Å². The first-order chi connectivity index (χ1) is 12.8. The number of alkyl halides is 3. The maximum Gasteiger partial charge on any atom is 0.416 e. The van der Waals surface area contributed by atoms with Crippen LogP contribution in [-0.4, -0.2) is 24.5 Å². The number of carbonyl (C=O) groups excluding carboxylic acids is 2. The van der Waals surface area contributed by atoms with Gasteiger partial charge < -0.3 is 15.4 Å². The number of esters is 1. The number of ether oxygens (including phenoxy) is 1. The summed E-state index contributed by atoms with van der Waals surface area (Å²) in [6.45, 7) is -0.409. The third-order valence-corrected chi connectivity index (χ3v) is 3.89. The predicted octanol–water partition coefficient (Wildman–Crippen LogP) is 3.88. The largest absolute Gasteiger partial charge is 0.452 e. The minimum absolute atomic E-state index is 0.120. The maximum absolute atomic E-state index is 12.8. The molecular weight excluding hydrogens is 361 g/mol. The molecule has 142 valence electrons. The first kappa shape index (κ1) is 18.8. The number of hydrogen-bond acceptors (Lipinski definition) is 4. The molecule has 2 aromatic rings. The summed E-state index contributed by atoms with van der Waals surface area (Å²) in [7, 11) is 0. The van der Waals surface area contributed by atoms with Crippen LogP contribution in [0.25, 0.3) is 0 Å². The fourth-order valence-corrected chi connectivity index (χ4v) is 2.40. The standard InChI is InChI=1S/C19H17F3N2O3/c20-19(21,22)12-4-3-5-14(10-12)23-16-7-2-1-6-15(16)18(26)27-11-17(25)24-13-8-9-13/h1-7,10,13,23H,8-9,11H2,(H,24,25). The van der Waals surface area contributed by atoms with E-state index < -0.39 is 24.3 Å². The Morgan fingerprint density at radius 1 is 1.07 bits per heavy atom. The molecule has 3 rings (SSSR count). The van der Waals surface area contributed by atoms with Gasteiger partial charge in [-0.15, -0.1) is 0 Å². The Morgan fingerprint density at radius 3 is 2.52 bits per heavy atom. The predicted molar refractivity (Wildman–Crippen MR) is 92.6 cm³/mol. The molecule has 0 radical (unpaired) electrons. The average molecular weight is 378 g/mol. The number of halogens is 3. The molecule has 27 heavy (non-hydrogen) atoms. The Labute approximate surface area is 153 Å². The molecular formula is C19H17F3N2O3.